The summed E-state index contributed by atoms with van der Waals surface area (Å²) in [5.41, 5.74) is 1.58. The fourth-order valence-electron chi connectivity index (χ4n) is 1.63. The van der Waals surface area contributed by atoms with Gasteiger partial charge in [-0.1, -0.05) is 11.6 Å². The molecule has 5 nitrogen and oxygen atoms in total. The minimum absolute atomic E-state index is 0.104. The van der Waals surface area contributed by atoms with E-state index < -0.39 is 12.1 Å². The van der Waals surface area contributed by atoms with Crippen LogP contribution in [0.3, 0.4) is 0 Å². The first kappa shape index (κ1) is 15.3. The van der Waals surface area contributed by atoms with Crippen LogP contribution in [0.25, 0.3) is 0 Å². The Kier molecular flexibility index (Phi) is 5.17. The van der Waals surface area contributed by atoms with Gasteiger partial charge >= 0.3 is 6.03 Å². The number of halogens is 1. The summed E-state index contributed by atoms with van der Waals surface area (Å²) in [4.78, 5) is 11.7. The molecule has 0 fully saturated rings. The topological polar surface area (TPSA) is 85.2 Å². The monoisotopic (exact) mass is 321 g/mol. The highest BCUT2D eigenvalue weighted by atomic mass is 35.5. The fourth-order valence-corrected chi connectivity index (χ4v) is 2.56. The quantitative estimate of drug-likeness (QED) is 0.808. The predicted octanol–water partition coefficient (Wildman–Crippen LogP) is 3.13. The van der Waals surface area contributed by atoms with Gasteiger partial charge in [0.15, 0.2) is 0 Å². The largest absolute Gasteiger partial charge is 0.387 e. The van der Waals surface area contributed by atoms with Gasteiger partial charge < -0.3 is 15.7 Å². The Bertz CT molecular complexity index is 667. The lowest BCUT2D eigenvalue weighted by molar-refractivity contribution is 0.175. The Balaban J connectivity index is 1.87. The number of hydrogen-bond donors (Lipinski definition) is 3. The summed E-state index contributed by atoms with van der Waals surface area (Å²) >= 11 is 7.36. The molecule has 0 aliphatic rings. The molecule has 1 aromatic heterocycles. The lowest BCUT2D eigenvalue weighted by atomic mass is 10.2. The first-order chi connectivity index (χ1) is 10.1. The number of urea groups is 1. The molecule has 21 heavy (non-hydrogen) atoms. The van der Waals surface area contributed by atoms with Crippen molar-refractivity contribution in [2.24, 2.45) is 0 Å². The second-order valence-corrected chi connectivity index (χ2v) is 5.40. The van der Waals surface area contributed by atoms with Crippen LogP contribution in [0.15, 0.2) is 35.0 Å². The van der Waals surface area contributed by atoms with Gasteiger partial charge in [0.05, 0.1) is 16.7 Å². The molecule has 1 unspecified atom stereocenters. The molecule has 0 aliphatic carbocycles. The highest BCUT2D eigenvalue weighted by Gasteiger charge is 2.10. The SMILES string of the molecule is N#Cc1ccc(NC(=O)NCC(O)c2ccsc2)cc1Cl. The van der Waals surface area contributed by atoms with Crippen LogP contribution in [-0.2, 0) is 0 Å². The highest BCUT2D eigenvalue weighted by molar-refractivity contribution is 7.07. The number of nitrogens with one attached hydrogen (secondary N) is 2. The van der Waals surface area contributed by atoms with Crippen LogP contribution in [0, 0.1) is 11.3 Å². The maximum Gasteiger partial charge on any atom is 0.319 e. The van der Waals surface area contributed by atoms with Gasteiger partial charge in [0.2, 0.25) is 0 Å². The number of hydrogen-bond acceptors (Lipinski definition) is 4. The zero-order valence-corrected chi connectivity index (χ0v) is 12.4. The number of nitrogens with zero attached hydrogens (tertiary/aromatic N) is 1. The average Bonchev–Trinajstić information content (AvgIpc) is 2.99. The Morgan fingerprint density at radius 1 is 1.48 bits per heavy atom. The first-order valence-electron chi connectivity index (χ1n) is 6.05. The molecule has 0 bridgehead atoms. The Morgan fingerprint density at radius 3 is 2.90 bits per heavy atom. The lowest BCUT2D eigenvalue weighted by Crippen LogP contribution is -2.32. The van der Waals surface area contributed by atoms with Gasteiger partial charge in [-0.15, -0.1) is 0 Å². The molecule has 2 aromatic rings. The molecule has 108 valence electrons. The standard InChI is InChI=1S/C14H12ClN3O2S/c15-12-5-11(2-1-9(12)6-16)18-14(20)17-7-13(19)10-3-4-21-8-10/h1-5,8,13,19H,7H2,(H2,17,18,20). The molecule has 1 aromatic carbocycles. The summed E-state index contributed by atoms with van der Waals surface area (Å²) in [5, 5.41) is 27.7. The van der Waals surface area contributed by atoms with E-state index in [9.17, 15) is 9.90 Å². The first-order valence-corrected chi connectivity index (χ1v) is 7.37. The van der Waals surface area contributed by atoms with Gasteiger partial charge in [0.25, 0.3) is 0 Å². The number of thiophene rings is 1. The molecule has 7 heteroatoms. The van der Waals surface area contributed by atoms with Crippen molar-refractivity contribution in [3.8, 4) is 6.07 Å². The third kappa shape index (κ3) is 4.20. The molecule has 0 aliphatic heterocycles. The Labute approximate surface area is 130 Å². The Morgan fingerprint density at radius 2 is 2.29 bits per heavy atom. The number of carbonyl (C=O) groups excluding carboxylic acids is 1. The van der Waals surface area contributed by atoms with E-state index in [1.165, 1.54) is 23.5 Å². The summed E-state index contributed by atoms with van der Waals surface area (Å²) < 4.78 is 0. The number of nitriles is 1. The van der Waals surface area contributed by atoms with Crippen LogP contribution in [0.2, 0.25) is 5.02 Å². The maximum atomic E-state index is 11.7. The summed E-state index contributed by atoms with van der Waals surface area (Å²) in [7, 11) is 0. The Hall–Kier alpha value is -2.07. The van der Waals surface area contributed by atoms with Gasteiger partial charge in [0, 0.05) is 12.2 Å². The van der Waals surface area contributed by atoms with E-state index >= 15 is 0 Å². The summed E-state index contributed by atoms with van der Waals surface area (Å²) in [6.45, 7) is 0.104. The molecule has 1 heterocycles. The molecular formula is C14H12ClN3O2S. The van der Waals surface area contributed by atoms with Gasteiger partial charge in [-0.25, -0.2) is 4.79 Å². The smallest absolute Gasteiger partial charge is 0.319 e. The number of amides is 2. The molecule has 0 spiro atoms. The van der Waals surface area contributed by atoms with Crippen molar-refractivity contribution < 1.29 is 9.90 Å². The predicted molar refractivity (Wildman–Crippen MR) is 82.5 cm³/mol. The zero-order valence-electron chi connectivity index (χ0n) is 10.8. The second-order valence-electron chi connectivity index (χ2n) is 4.21. The number of aliphatic hydroxyl groups excluding tert-OH is 1. The molecule has 3 N–H and O–H groups in total. The fraction of sp³-hybridized carbons (Fsp3) is 0.143. The van der Waals surface area contributed by atoms with Crippen LogP contribution < -0.4 is 10.6 Å². The van der Waals surface area contributed by atoms with E-state index in [-0.39, 0.29) is 11.6 Å². The normalized spacial score (nSPS) is 11.5. The number of anilines is 1. The molecule has 1 atom stereocenters. The molecule has 2 amide bonds. The van der Waals surface area contributed by atoms with Gasteiger partial charge in [0.1, 0.15) is 6.07 Å². The van der Waals surface area contributed by atoms with E-state index in [4.69, 9.17) is 16.9 Å². The summed E-state index contributed by atoms with van der Waals surface area (Å²) in [6, 6.07) is 7.89. The molecule has 0 radical (unpaired) electrons. The minimum atomic E-state index is -0.744. The van der Waals surface area contributed by atoms with Crippen molar-refractivity contribution in [2.45, 2.75) is 6.10 Å². The minimum Gasteiger partial charge on any atom is -0.387 e. The van der Waals surface area contributed by atoms with Gasteiger partial charge in [-0.3, -0.25) is 0 Å². The van der Waals surface area contributed by atoms with Crippen LogP contribution in [0.4, 0.5) is 10.5 Å². The van der Waals surface area contributed by atoms with Crippen molar-refractivity contribution in [1.29, 1.82) is 5.26 Å². The number of benzene rings is 1. The highest BCUT2D eigenvalue weighted by Crippen LogP contribution is 2.20. The van der Waals surface area contributed by atoms with Crippen LogP contribution in [0.5, 0.6) is 0 Å². The van der Waals surface area contributed by atoms with E-state index in [0.29, 0.717) is 11.3 Å². The summed E-state index contributed by atoms with van der Waals surface area (Å²) in [6.07, 6.45) is -0.744. The molecule has 0 saturated carbocycles. The van der Waals surface area contributed by atoms with Crippen molar-refractivity contribution in [3.05, 3.63) is 51.2 Å². The van der Waals surface area contributed by atoms with Crippen LogP contribution >= 0.6 is 22.9 Å². The number of carbonyl (C=O) groups is 1. The van der Waals surface area contributed by atoms with E-state index in [1.54, 1.807) is 12.1 Å². The van der Waals surface area contributed by atoms with Crippen molar-refractivity contribution in [1.82, 2.24) is 5.32 Å². The molecule has 2 rings (SSSR count). The van der Waals surface area contributed by atoms with E-state index in [1.807, 2.05) is 16.8 Å². The van der Waals surface area contributed by atoms with Crippen LogP contribution in [0.1, 0.15) is 17.2 Å². The third-order valence-electron chi connectivity index (χ3n) is 2.73. The summed E-state index contributed by atoms with van der Waals surface area (Å²) in [5.74, 6) is 0. The van der Waals surface area contributed by atoms with Crippen molar-refractivity contribution in [3.63, 3.8) is 0 Å². The zero-order chi connectivity index (χ0) is 15.2. The average molecular weight is 322 g/mol. The second kappa shape index (κ2) is 7.09. The van der Waals surface area contributed by atoms with Crippen LogP contribution in [-0.4, -0.2) is 17.7 Å². The number of rotatable bonds is 4. The lowest BCUT2D eigenvalue weighted by Gasteiger charge is -2.11. The van der Waals surface area contributed by atoms with E-state index in [2.05, 4.69) is 10.6 Å². The molecular weight excluding hydrogens is 310 g/mol. The van der Waals surface area contributed by atoms with Gasteiger partial charge in [-0.2, -0.15) is 16.6 Å². The van der Waals surface area contributed by atoms with E-state index in [0.717, 1.165) is 5.56 Å². The third-order valence-corrected chi connectivity index (χ3v) is 3.75. The molecule has 0 saturated heterocycles. The number of aliphatic hydroxyl groups is 1. The van der Waals surface area contributed by atoms with Gasteiger partial charge in [-0.05, 0) is 40.6 Å². The van der Waals surface area contributed by atoms with Crippen molar-refractivity contribution in [2.75, 3.05) is 11.9 Å². The maximum absolute atomic E-state index is 11.7. The van der Waals surface area contributed by atoms with Crippen molar-refractivity contribution >= 4 is 34.7 Å².